The highest BCUT2D eigenvalue weighted by Gasteiger charge is 2.09. The van der Waals surface area contributed by atoms with Gasteiger partial charge >= 0.3 is 0 Å². The third-order valence-electron chi connectivity index (χ3n) is 5.44. The van der Waals surface area contributed by atoms with E-state index in [1.54, 1.807) is 53.5 Å². The van der Waals surface area contributed by atoms with Gasteiger partial charge in [0.25, 0.3) is 5.56 Å². The van der Waals surface area contributed by atoms with Crippen molar-refractivity contribution in [2.24, 2.45) is 7.05 Å². The minimum Gasteiger partial charge on any atom is -0.457 e. The molecule has 164 valence electrons. The number of pyridine rings is 1. The predicted molar refractivity (Wildman–Crippen MR) is 125 cm³/mol. The van der Waals surface area contributed by atoms with Crippen molar-refractivity contribution in [1.82, 2.24) is 19.1 Å². The van der Waals surface area contributed by atoms with E-state index in [1.807, 2.05) is 36.1 Å². The molecule has 0 atom stereocenters. The number of ether oxygens (including phenoxy) is 1. The number of rotatable bonds is 6. The fourth-order valence-corrected chi connectivity index (χ4v) is 3.68. The number of hydrogen-bond donors (Lipinski definition) is 0. The Morgan fingerprint density at radius 3 is 2.58 bits per heavy atom. The van der Waals surface area contributed by atoms with Crippen molar-refractivity contribution in [3.8, 4) is 22.8 Å². The SMILES string of the molecule is Cn1ccc(-c2cc(Oc3ccc4ncn(CCc5ccc(F)cc5)c(=O)c4c3)ccn2)c1. The Kier molecular flexibility index (Phi) is 5.44. The van der Waals surface area contributed by atoms with Gasteiger partial charge in [-0.25, -0.2) is 9.37 Å². The van der Waals surface area contributed by atoms with Crippen LogP contribution in [0.4, 0.5) is 4.39 Å². The standard InChI is InChI=1S/C26H21FN4O2/c1-30-12-10-19(16-30)25-15-22(8-11-28-25)33-21-6-7-24-23(14-21)26(32)31(17-29-24)13-9-18-2-4-20(27)5-3-18/h2-8,10-12,14-17H,9,13H2,1H3. The highest BCUT2D eigenvalue weighted by atomic mass is 19.1. The summed E-state index contributed by atoms with van der Waals surface area (Å²) < 4.78 is 22.7. The third-order valence-corrected chi connectivity index (χ3v) is 5.44. The first-order valence-electron chi connectivity index (χ1n) is 10.5. The van der Waals surface area contributed by atoms with Gasteiger partial charge in [0.15, 0.2) is 0 Å². The van der Waals surface area contributed by atoms with Gasteiger partial charge in [-0.05, 0) is 54.4 Å². The molecule has 0 saturated carbocycles. The highest BCUT2D eigenvalue weighted by molar-refractivity contribution is 5.79. The second-order valence-corrected chi connectivity index (χ2v) is 7.84. The van der Waals surface area contributed by atoms with E-state index in [2.05, 4.69) is 9.97 Å². The Bertz CT molecular complexity index is 1490. The van der Waals surface area contributed by atoms with Gasteiger partial charge in [0.05, 0.1) is 22.9 Å². The highest BCUT2D eigenvalue weighted by Crippen LogP contribution is 2.27. The molecule has 5 rings (SSSR count). The van der Waals surface area contributed by atoms with E-state index in [4.69, 9.17) is 4.74 Å². The van der Waals surface area contributed by atoms with Crippen LogP contribution >= 0.6 is 0 Å². The number of fused-ring (bicyclic) bond motifs is 1. The largest absolute Gasteiger partial charge is 0.457 e. The maximum Gasteiger partial charge on any atom is 0.261 e. The maximum atomic E-state index is 13.1. The van der Waals surface area contributed by atoms with Crippen LogP contribution in [-0.2, 0) is 20.0 Å². The quantitative estimate of drug-likeness (QED) is 0.374. The number of benzene rings is 2. The van der Waals surface area contributed by atoms with Crippen LogP contribution in [0.2, 0.25) is 0 Å². The van der Waals surface area contributed by atoms with Gasteiger partial charge in [-0.1, -0.05) is 12.1 Å². The zero-order valence-corrected chi connectivity index (χ0v) is 18.0. The molecule has 0 saturated heterocycles. The Morgan fingerprint density at radius 2 is 1.79 bits per heavy atom. The van der Waals surface area contributed by atoms with Crippen LogP contribution in [0.3, 0.4) is 0 Å². The fraction of sp³-hybridized carbons (Fsp3) is 0.115. The second-order valence-electron chi connectivity index (χ2n) is 7.84. The average molecular weight is 440 g/mol. The van der Waals surface area contributed by atoms with E-state index in [0.29, 0.717) is 35.4 Å². The fourth-order valence-electron chi connectivity index (χ4n) is 3.68. The molecular formula is C26H21FN4O2. The lowest BCUT2D eigenvalue weighted by Crippen LogP contribution is -2.21. The number of nitrogens with zero attached hydrogens (tertiary/aromatic N) is 4. The predicted octanol–water partition coefficient (Wildman–Crippen LogP) is 4.97. The molecule has 0 aliphatic rings. The molecular weight excluding hydrogens is 419 g/mol. The van der Waals surface area contributed by atoms with Crippen molar-refractivity contribution in [1.29, 1.82) is 0 Å². The summed E-state index contributed by atoms with van der Waals surface area (Å²) in [5.41, 5.74) is 3.21. The van der Waals surface area contributed by atoms with Gasteiger partial charge in [0, 0.05) is 43.8 Å². The summed E-state index contributed by atoms with van der Waals surface area (Å²) in [7, 11) is 1.96. The summed E-state index contributed by atoms with van der Waals surface area (Å²) in [6.45, 7) is 0.448. The van der Waals surface area contributed by atoms with Crippen LogP contribution in [-0.4, -0.2) is 19.1 Å². The van der Waals surface area contributed by atoms with Gasteiger partial charge in [-0.2, -0.15) is 0 Å². The van der Waals surface area contributed by atoms with Crippen molar-refractivity contribution >= 4 is 10.9 Å². The molecule has 0 aliphatic heterocycles. The van der Waals surface area contributed by atoms with Crippen LogP contribution in [0.15, 0.2) is 90.4 Å². The van der Waals surface area contributed by atoms with Gasteiger partial charge in [-0.15, -0.1) is 0 Å². The molecule has 0 unspecified atom stereocenters. The lowest BCUT2D eigenvalue weighted by Gasteiger charge is -2.10. The van der Waals surface area contributed by atoms with Crippen LogP contribution in [0.25, 0.3) is 22.2 Å². The molecule has 33 heavy (non-hydrogen) atoms. The summed E-state index contributed by atoms with van der Waals surface area (Å²) >= 11 is 0. The van der Waals surface area contributed by atoms with Crippen molar-refractivity contribution in [3.05, 3.63) is 107 Å². The lowest BCUT2D eigenvalue weighted by atomic mass is 10.1. The topological polar surface area (TPSA) is 61.9 Å². The third kappa shape index (κ3) is 4.52. The van der Waals surface area contributed by atoms with Crippen molar-refractivity contribution < 1.29 is 9.13 Å². The summed E-state index contributed by atoms with van der Waals surface area (Å²) in [6.07, 6.45) is 7.79. The monoisotopic (exact) mass is 440 g/mol. The number of hydrogen-bond acceptors (Lipinski definition) is 4. The Morgan fingerprint density at radius 1 is 0.970 bits per heavy atom. The number of halogens is 1. The molecule has 5 aromatic rings. The van der Waals surface area contributed by atoms with Crippen LogP contribution in [0, 0.1) is 5.82 Å². The van der Waals surface area contributed by atoms with Gasteiger partial charge < -0.3 is 9.30 Å². The first kappa shape index (κ1) is 20.6. The minimum atomic E-state index is -0.277. The molecule has 0 radical (unpaired) electrons. The Hall–Kier alpha value is -4.26. The Labute approximate surface area is 189 Å². The molecule has 7 heteroatoms. The first-order valence-corrected chi connectivity index (χ1v) is 10.5. The summed E-state index contributed by atoms with van der Waals surface area (Å²) in [5, 5.41) is 0.478. The molecule has 2 aromatic carbocycles. The van der Waals surface area contributed by atoms with Gasteiger partial charge in [0.2, 0.25) is 0 Å². The number of aromatic nitrogens is 4. The van der Waals surface area contributed by atoms with Gasteiger partial charge in [-0.3, -0.25) is 14.3 Å². The van der Waals surface area contributed by atoms with Crippen LogP contribution < -0.4 is 10.3 Å². The molecule has 6 nitrogen and oxygen atoms in total. The molecule has 0 N–H and O–H groups in total. The molecule has 3 aromatic heterocycles. The van der Waals surface area contributed by atoms with Gasteiger partial charge in [0.1, 0.15) is 17.3 Å². The second kappa shape index (κ2) is 8.70. The van der Waals surface area contributed by atoms with Crippen LogP contribution in [0.5, 0.6) is 11.5 Å². The zero-order chi connectivity index (χ0) is 22.8. The van der Waals surface area contributed by atoms with E-state index in [-0.39, 0.29) is 11.4 Å². The first-order chi connectivity index (χ1) is 16.0. The van der Waals surface area contributed by atoms with Crippen molar-refractivity contribution in [3.63, 3.8) is 0 Å². The molecule has 0 spiro atoms. The summed E-state index contributed by atoms with van der Waals surface area (Å²) in [4.78, 5) is 21.9. The zero-order valence-electron chi connectivity index (χ0n) is 18.0. The molecule has 0 amide bonds. The molecule has 0 aliphatic carbocycles. The van der Waals surface area contributed by atoms with E-state index < -0.39 is 0 Å². The summed E-state index contributed by atoms with van der Waals surface area (Å²) in [5.74, 6) is 0.896. The normalized spacial score (nSPS) is 11.1. The molecule has 3 heterocycles. The Balaban J connectivity index is 1.39. The summed E-state index contributed by atoms with van der Waals surface area (Å²) in [6, 6.07) is 17.2. The smallest absolute Gasteiger partial charge is 0.261 e. The van der Waals surface area contributed by atoms with Crippen molar-refractivity contribution in [2.45, 2.75) is 13.0 Å². The van der Waals surface area contributed by atoms with E-state index in [0.717, 1.165) is 16.8 Å². The maximum absolute atomic E-state index is 13.1. The molecule has 0 fully saturated rings. The lowest BCUT2D eigenvalue weighted by molar-refractivity contribution is 0.483. The van der Waals surface area contributed by atoms with E-state index in [1.165, 1.54) is 12.1 Å². The van der Waals surface area contributed by atoms with Crippen molar-refractivity contribution in [2.75, 3.05) is 0 Å². The number of aryl methyl sites for hydroxylation is 3. The van der Waals surface area contributed by atoms with E-state index >= 15 is 0 Å². The van der Waals surface area contributed by atoms with Crippen LogP contribution in [0.1, 0.15) is 5.56 Å². The minimum absolute atomic E-state index is 0.146. The molecule has 0 bridgehead atoms. The average Bonchev–Trinajstić information content (AvgIpc) is 3.27. The van der Waals surface area contributed by atoms with E-state index in [9.17, 15) is 9.18 Å².